The van der Waals surface area contributed by atoms with E-state index in [1.54, 1.807) is 12.1 Å². The zero-order valence-corrected chi connectivity index (χ0v) is 12.4. The average Bonchev–Trinajstić information content (AvgIpc) is 2.74. The molecule has 7 heteroatoms. The zero-order valence-electron chi connectivity index (χ0n) is 11.5. The Morgan fingerprint density at radius 2 is 1.95 bits per heavy atom. The lowest BCUT2D eigenvalue weighted by Gasteiger charge is -2.26. The number of morpholine rings is 1. The Bertz CT molecular complexity index is 746. The third-order valence-electron chi connectivity index (χ3n) is 3.68. The molecular weight excluding hydrogens is 278 g/mol. The minimum absolute atomic E-state index is 0.296. The van der Waals surface area contributed by atoms with Crippen molar-refractivity contribution < 1.29 is 13.2 Å². The number of sulfonamides is 1. The van der Waals surface area contributed by atoms with Crippen LogP contribution in [0.5, 0.6) is 0 Å². The minimum atomic E-state index is -3.45. The van der Waals surface area contributed by atoms with E-state index in [2.05, 4.69) is 4.98 Å². The predicted octanol–water partition coefficient (Wildman–Crippen LogP) is 0.903. The lowest BCUT2D eigenvalue weighted by Crippen LogP contribution is -2.40. The Labute approximate surface area is 118 Å². The molecule has 108 valence electrons. The van der Waals surface area contributed by atoms with E-state index in [0.29, 0.717) is 36.7 Å². The summed E-state index contributed by atoms with van der Waals surface area (Å²) in [7, 11) is -1.54. The third kappa shape index (κ3) is 2.11. The Morgan fingerprint density at radius 3 is 2.65 bits per heavy atom. The van der Waals surface area contributed by atoms with Crippen LogP contribution < -0.4 is 0 Å². The minimum Gasteiger partial charge on any atom is -0.379 e. The summed E-state index contributed by atoms with van der Waals surface area (Å²) in [5.74, 6) is 0.862. The molecule has 6 nitrogen and oxygen atoms in total. The maximum absolute atomic E-state index is 12.6. The van der Waals surface area contributed by atoms with Crippen molar-refractivity contribution in [2.75, 3.05) is 26.3 Å². The molecule has 20 heavy (non-hydrogen) atoms. The number of ether oxygens (including phenoxy) is 1. The van der Waals surface area contributed by atoms with Crippen LogP contribution in [0.3, 0.4) is 0 Å². The summed E-state index contributed by atoms with van der Waals surface area (Å²) in [5, 5.41) is 0. The van der Waals surface area contributed by atoms with E-state index in [-0.39, 0.29) is 0 Å². The number of fused-ring (bicyclic) bond motifs is 1. The number of hydrogen-bond donors (Lipinski definition) is 0. The Balaban J connectivity index is 2.05. The molecular formula is C13H17N3O3S. The van der Waals surface area contributed by atoms with Gasteiger partial charge in [0.2, 0.25) is 10.0 Å². The van der Waals surface area contributed by atoms with Crippen molar-refractivity contribution in [2.45, 2.75) is 11.8 Å². The van der Waals surface area contributed by atoms with Gasteiger partial charge in [0.25, 0.3) is 0 Å². The molecule has 0 radical (unpaired) electrons. The van der Waals surface area contributed by atoms with E-state index >= 15 is 0 Å². The van der Waals surface area contributed by atoms with Gasteiger partial charge in [-0.1, -0.05) is 0 Å². The summed E-state index contributed by atoms with van der Waals surface area (Å²) in [6.07, 6.45) is 0. The quantitative estimate of drug-likeness (QED) is 0.826. The van der Waals surface area contributed by atoms with Gasteiger partial charge in [0.1, 0.15) is 5.82 Å². The van der Waals surface area contributed by atoms with Gasteiger partial charge in [-0.2, -0.15) is 4.31 Å². The number of imidazole rings is 1. The molecule has 0 spiro atoms. The molecule has 0 amide bonds. The summed E-state index contributed by atoms with van der Waals surface area (Å²) in [5.41, 5.74) is 1.64. The van der Waals surface area contributed by atoms with E-state index in [1.807, 2.05) is 24.6 Å². The first kappa shape index (κ1) is 13.5. The number of benzene rings is 1. The van der Waals surface area contributed by atoms with Crippen LogP contribution in [0.2, 0.25) is 0 Å². The summed E-state index contributed by atoms with van der Waals surface area (Å²) in [6.45, 7) is 3.60. The fourth-order valence-corrected chi connectivity index (χ4v) is 3.83. The highest BCUT2D eigenvalue weighted by atomic mass is 32.2. The number of nitrogens with zero attached hydrogens (tertiary/aromatic N) is 3. The van der Waals surface area contributed by atoms with Crippen LogP contribution in [-0.2, 0) is 21.8 Å². The van der Waals surface area contributed by atoms with Gasteiger partial charge in [0, 0.05) is 20.1 Å². The molecule has 3 rings (SSSR count). The third-order valence-corrected chi connectivity index (χ3v) is 5.58. The lowest BCUT2D eigenvalue weighted by molar-refractivity contribution is 0.0730. The molecule has 1 aromatic heterocycles. The monoisotopic (exact) mass is 295 g/mol. The number of rotatable bonds is 2. The van der Waals surface area contributed by atoms with Gasteiger partial charge in [-0.15, -0.1) is 0 Å². The molecule has 1 fully saturated rings. The van der Waals surface area contributed by atoms with E-state index in [1.165, 1.54) is 4.31 Å². The predicted molar refractivity (Wildman–Crippen MR) is 75.0 cm³/mol. The van der Waals surface area contributed by atoms with Crippen molar-refractivity contribution in [3.05, 3.63) is 24.0 Å². The molecule has 0 N–H and O–H groups in total. The zero-order chi connectivity index (χ0) is 14.3. The van der Waals surface area contributed by atoms with E-state index in [0.717, 1.165) is 11.3 Å². The molecule has 1 aliphatic heterocycles. The standard InChI is InChI=1S/C13H17N3O3S/c1-10-14-12-9-11(3-4-13(12)15(10)2)20(17,18)16-5-7-19-8-6-16/h3-4,9H,5-8H2,1-2H3. The van der Waals surface area contributed by atoms with Gasteiger partial charge in [-0.3, -0.25) is 0 Å². The molecule has 2 heterocycles. The van der Waals surface area contributed by atoms with Crippen LogP contribution in [0.25, 0.3) is 11.0 Å². The summed E-state index contributed by atoms with van der Waals surface area (Å²) in [4.78, 5) is 4.68. The fraction of sp³-hybridized carbons (Fsp3) is 0.462. The highest BCUT2D eigenvalue weighted by Crippen LogP contribution is 2.22. The Morgan fingerprint density at radius 1 is 1.25 bits per heavy atom. The van der Waals surface area contributed by atoms with Crippen LogP contribution in [0.15, 0.2) is 23.1 Å². The van der Waals surface area contributed by atoms with Gasteiger partial charge in [0.05, 0.1) is 29.1 Å². The van der Waals surface area contributed by atoms with Crippen LogP contribution in [-0.4, -0.2) is 48.6 Å². The van der Waals surface area contributed by atoms with Crippen molar-refractivity contribution in [2.24, 2.45) is 7.05 Å². The summed E-state index contributed by atoms with van der Waals surface area (Å²) in [6, 6.07) is 5.10. The normalized spacial score (nSPS) is 17.7. The molecule has 0 saturated carbocycles. The lowest BCUT2D eigenvalue weighted by atomic mass is 10.3. The first-order valence-corrected chi connectivity index (χ1v) is 7.95. The molecule has 0 bridgehead atoms. The van der Waals surface area contributed by atoms with Crippen LogP contribution >= 0.6 is 0 Å². The average molecular weight is 295 g/mol. The first-order chi connectivity index (χ1) is 9.50. The van der Waals surface area contributed by atoms with Crippen LogP contribution in [0.1, 0.15) is 5.82 Å². The van der Waals surface area contributed by atoms with E-state index < -0.39 is 10.0 Å². The van der Waals surface area contributed by atoms with Crippen molar-refractivity contribution in [3.63, 3.8) is 0 Å². The van der Waals surface area contributed by atoms with E-state index in [9.17, 15) is 8.42 Å². The second kappa shape index (κ2) is 4.83. The van der Waals surface area contributed by atoms with Crippen molar-refractivity contribution in [1.82, 2.24) is 13.9 Å². The fourth-order valence-electron chi connectivity index (χ4n) is 2.40. The topological polar surface area (TPSA) is 64.4 Å². The number of hydrogen-bond acceptors (Lipinski definition) is 4. The number of aryl methyl sites for hydroxylation is 2. The number of aromatic nitrogens is 2. The van der Waals surface area contributed by atoms with Gasteiger partial charge >= 0.3 is 0 Å². The second-order valence-corrected chi connectivity index (χ2v) is 6.82. The Hall–Kier alpha value is -1.44. The molecule has 0 atom stereocenters. The van der Waals surface area contributed by atoms with Crippen LogP contribution in [0.4, 0.5) is 0 Å². The van der Waals surface area contributed by atoms with Gasteiger partial charge in [-0.25, -0.2) is 13.4 Å². The SMILES string of the molecule is Cc1nc2cc(S(=O)(=O)N3CCOCC3)ccc2n1C. The second-order valence-electron chi connectivity index (χ2n) is 4.89. The highest BCUT2D eigenvalue weighted by molar-refractivity contribution is 7.89. The molecule has 1 aliphatic rings. The highest BCUT2D eigenvalue weighted by Gasteiger charge is 2.26. The molecule has 1 aromatic carbocycles. The van der Waals surface area contributed by atoms with E-state index in [4.69, 9.17) is 4.74 Å². The van der Waals surface area contributed by atoms with Crippen molar-refractivity contribution in [3.8, 4) is 0 Å². The Kier molecular flexibility index (Phi) is 3.27. The van der Waals surface area contributed by atoms with Crippen LogP contribution in [0, 0.1) is 6.92 Å². The summed E-state index contributed by atoms with van der Waals surface area (Å²) >= 11 is 0. The molecule has 2 aromatic rings. The van der Waals surface area contributed by atoms with Gasteiger partial charge in [-0.05, 0) is 25.1 Å². The van der Waals surface area contributed by atoms with Gasteiger partial charge in [0.15, 0.2) is 0 Å². The maximum Gasteiger partial charge on any atom is 0.243 e. The van der Waals surface area contributed by atoms with Crippen molar-refractivity contribution >= 4 is 21.1 Å². The molecule has 0 unspecified atom stereocenters. The van der Waals surface area contributed by atoms with Crippen molar-refractivity contribution in [1.29, 1.82) is 0 Å². The molecule has 1 saturated heterocycles. The summed E-state index contributed by atoms with van der Waals surface area (Å²) < 4.78 is 33.7. The molecule has 0 aliphatic carbocycles. The first-order valence-electron chi connectivity index (χ1n) is 6.51. The maximum atomic E-state index is 12.6. The van der Waals surface area contributed by atoms with Gasteiger partial charge < -0.3 is 9.30 Å². The smallest absolute Gasteiger partial charge is 0.243 e. The largest absolute Gasteiger partial charge is 0.379 e.